The molecule has 3 nitrogen and oxygen atoms in total. The third-order valence-electron chi connectivity index (χ3n) is 3.48. The fourth-order valence-corrected chi connectivity index (χ4v) is 1.75. The summed E-state index contributed by atoms with van der Waals surface area (Å²) in [5.41, 5.74) is -2.14. The zero-order chi connectivity index (χ0) is 18.9. The zero-order valence-corrected chi connectivity index (χ0v) is 13.6. The van der Waals surface area contributed by atoms with E-state index in [-0.39, 0.29) is 12.1 Å². The van der Waals surface area contributed by atoms with Crippen LogP contribution < -0.4 is 5.32 Å². The number of hydrogen-bond acceptors (Lipinski definition) is 2. The lowest BCUT2D eigenvalue weighted by Gasteiger charge is -2.32. The summed E-state index contributed by atoms with van der Waals surface area (Å²) >= 11 is 0. The minimum Gasteiger partial charge on any atom is -0.318 e. The number of amides is 1. The highest BCUT2D eigenvalue weighted by Crippen LogP contribution is 2.35. The van der Waals surface area contributed by atoms with E-state index >= 15 is 0 Å². The van der Waals surface area contributed by atoms with E-state index in [0.29, 0.717) is 6.07 Å². The van der Waals surface area contributed by atoms with Gasteiger partial charge in [0.1, 0.15) is 0 Å². The minimum absolute atomic E-state index is 0.0498. The summed E-state index contributed by atoms with van der Waals surface area (Å²) in [5, 5.41) is 1.43. The van der Waals surface area contributed by atoms with Crippen LogP contribution in [-0.4, -0.2) is 29.6 Å². The van der Waals surface area contributed by atoms with Gasteiger partial charge in [0.15, 0.2) is 0 Å². The Hall–Kier alpha value is -1.77. The van der Waals surface area contributed by atoms with Gasteiger partial charge in [-0.05, 0) is 45.5 Å². The Bertz CT molecular complexity index is 601. The van der Waals surface area contributed by atoms with Gasteiger partial charge in [0, 0.05) is 17.8 Å². The maximum Gasteiger partial charge on any atom is 0.471 e. The fraction of sp³-hybridized carbons (Fsp3) is 0.533. The molecule has 0 aliphatic rings. The van der Waals surface area contributed by atoms with Crippen molar-refractivity contribution in [3.63, 3.8) is 0 Å². The van der Waals surface area contributed by atoms with E-state index < -0.39 is 35.0 Å². The van der Waals surface area contributed by atoms with Crippen molar-refractivity contribution in [1.29, 1.82) is 0 Å². The van der Waals surface area contributed by atoms with E-state index in [4.69, 9.17) is 0 Å². The second-order valence-corrected chi connectivity index (χ2v) is 6.35. The normalized spacial score (nSPS) is 13.3. The van der Waals surface area contributed by atoms with Gasteiger partial charge >= 0.3 is 18.3 Å². The van der Waals surface area contributed by atoms with Crippen molar-refractivity contribution in [3.8, 4) is 0 Å². The van der Waals surface area contributed by atoms with E-state index in [1.165, 1.54) is 5.32 Å². The fourth-order valence-electron chi connectivity index (χ4n) is 1.75. The van der Waals surface area contributed by atoms with E-state index in [1.807, 2.05) is 20.8 Å². The Morgan fingerprint density at radius 2 is 1.62 bits per heavy atom. The van der Waals surface area contributed by atoms with Crippen LogP contribution in [0.25, 0.3) is 0 Å². The van der Waals surface area contributed by atoms with Crippen molar-refractivity contribution in [2.75, 3.05) is 12.4 Å². The average Bonchev–Trinajstić information content (AvgIpc) is 2.36. The number of nitrogens with zero attached hydrogens (tertiary/aromatic N) is 1. The maximum atomic E-state index is 13.2. The zero-order valence-electron chi connectivity index (χ0n) is 13.6. The first-order valence-electron chi connectivity index (χ1n) is 6.92. The predicted octanol–water partition coefficient (Wildman–Crippen LogP) is 4.44. The van der Waals surface area contributed by atoms with Crippen LogP contribution in [0.4, 0.5) is 32.0 Å². The van der Waals surface area contributed by atoms with Gasteiger partial charge in [0.05, 0.1) is 5.56 Å². The van der Waals surface area contributed by atoms with Gasteiger partial charge < -0.3 is 5.32 Å². The minimum atomic E-state index is -5.18. The lowest BCUT2D eigenvalue weighted by Crippen LogP contribution is -2.37. The number of alkyl halides is 6. The molecule has 0 atom stereocenters. The van der Waals surface area contributed by atoms with Crippen LogP contribution in [0, 0.1) is 0 Å². The van der Waals surface area contributed by atoms with Crippen LogP contribution >= 0.6 is 0 Å². The molecule has 1 amide bonds. The molecule has 0 aliphatic heterocycles. The number of carbonyl (C=O) groups is 1. The Morgan fingerprint density at radius 1 is 1.08 bits per heavy atom. The highest BCUT2D eigenvalue weighted by molar-refractivity contribution is 5.95. The second kappa shape index (κ2) is 6.62. The quantitative estimate of drug-likeness (QED) is 0.813. The molecule has 1 N–H and O–H groups in total. The summed E-state index contributed by atoms with van der Waals surface area (Å²) in [6.45, 7) is 5.40. The molecule has 136 valence electrons. The van der Waals surface area contributed by atoms with Gasteiger partial charge in [-0.2, -0.15) is 26.3 Å². The first-order chi connectivity index (χ1) is 10.6. The molecule has 24 heavy (non-hydrogen) atoms. The summed E-state index contributed by atoms with van der Waals surface area (Å²) in [5.74, 6) is -2.32. The summed E-state index contributed by atoms with van der Waals surface area (Å²) in [4.78, 5) is 12.5. The van der Waals surface area contributed by atoms with Crippen molar-refractivity contribution < 1.29 is 31.1 Å². The summed E-state index contributed by atoms with van der Waals surface area (Å²) in [7, 11) is 1.64. The highest BCUT2D eigenvalue weighted by atomic mass is 19.4. The number of nitrogens with one attached hydrogen (secondary N) is 1. The summed E-state index contributed by atoms with van der Waals surface area (Å²) in [6, 6.07) is 2.59. The Morgan fingerprint density at radius 3 is 2.04 bits per heavy atom. The number of hydrogen-bond donors (Lipinski definition) is 1. The van der Waals surface area contributed by atoms with Crippen molar-refractivity contribution in [3.05, 3.63) is 29.3 Å². The predicted molar refractivity (Wildman–Crippen MR) is 77.3 cm³/mol. The molecule has 1 aromatic rings. The number of carbonyl (C=O) groups excluding carboxylic acids is 1. The van der Waals surface area contributed by atoms with Gasteiger partial charge in [0.2, 0.25) is 0 Å². The molecule has 0 radical (unpaired) electrons. The third-order valence-corrected chi connectivity index (χ3v) is 3.48. The van der Waals surface area contributed by atoms with E-state index in [0.717, 1.165) is 12.1 Å². The molecular weight excluding hydrogens is 338 g/mol. The summed E-state index contributed by atoms with van der Waals surface area (Å²) < 4.78 is 76.2. The molecule has 0 fully saturated rings. The van der Waals surface area contributed by atoms with Crippen LogP contribution in [0.2, 0.25) is 0 Å². The first-order valence-corrected chi connectivity index (χ1v) is 6.92. The molecule has 0 heterocycles. The number of rotatable bonds is 3. The van der Waals surface area contributed by atoms with Crippen LogP contribution in [0.1, 0.15) is 31.9 Å². The van der Waals surface area contributed by atoms with Crippen LogP contribution in [-0.2, 0) is 17.5 Å². The Labute approximate surface area is 135 Å². The van der Waals surface area contributed by atoms with Gasteiger partial charge in [-0.25, -0.2) is 0 Å². The number of benzene rings is 1. The lowest BCUT2D eigenvalue weighted by molar-refractivity contribution is -0.167. The van der Waals surface area contributed by atoms with Gasteiger partial charge in [-0.1, -0.05) is 6.07 Å². The molecule has 0 bridgehead atoms. The molecule has 0 saturated heterocycles. The number of halogens is 6. The van der Waals surface area contributed by atoms with Crippen LogP contribution in [0.15, 0.2) is 18.2 Å². The third kappa shape index (κ3) is 5.40. The van der Waals surface area contributed by atoms with Crippen molar-refractivity contribution in [2.45, 2.75) is 45.2 Å². The standard InChI is InChI=1S/C15H18F6N2O/c1-13(2,3)23(4)8-9-5-6-10(7-11(9)14(16,17)18)22-12(24)15(19,20)21/h5-7H,8H2,1-4H3,(H,22,24). The van der Waals surface area contributed by atoms with Crippen LogP contribution in [0.5, 0.6) is 0 Å². The topological polar surface area (TPSA) is 32.3 Å². The van der Waals surface area contributed by atoms with Crippen molar-refractivity contribution in [1.82, 2.24) is 4.90 Å². The van der Waals surface area contributed by atoms with Crippen LogP contribution in [0.3, 0.4) is 0 Å². The SMILES string of the molecule is CN(Cc1ccc(NC(=O)C(F)(F)F)cc1C(F)(F)F)C(C)(C)C. The molecule has 0 saturated carbocycles. The van der Waals surface area contributed by atoms with Gasteiger partial charge in [-0.3, -0.25) is 9.69 Å². The van der Waals surface area contributed by atoms with Crippen molar-refractivity contribution in [2.24, 2.45) is 0 Å². The van der Waals surface area contributed by atoms with Gasteiger partial charge in [-0.15, -0.1) is 0 Å². The Balaban J connectivity index is 3.18. The second-order valence-electron chi connectivity index (χ2n) is 6.35. The largest absolute Gasteiger partial charge is 0.471 e. The smallest absolute Gasteiger partial charge is 0.318 e. The monoisotopic (exact) mass is 356 g/mol. The Kier molecular flexibility index (Phi) is 5.59. The molecule has 9 heteroatoms. The molecule has 1 rings (SSSR count). The average molecular weight is 356 g/mol. The first kappa shape index (κ1) is 20.3. The van der Waals surface area contributed by atoms with E-state index in [9.17, 15) is 31.1 Å². The molecule has 0 aliphatic carbocycles. The molecule has 1 aromatic carbocycles. The molecule has 0 aromatic heterocycles. The molecule has 0 spiro atoms. The summed E-state index contributed by atoms with van der Waals surface area (Å²) in [6.07, 6.45) is -9.93. The van der Waals surface area contributed by atoms with E-state index in [1.54, 1.807) is 11.9 Å². The molecular formula is C15H18F6N2O. The van der Waals surface area contributed by atoms with Crippen molar-refractivity contribution >= 4 is 11.6 Å². The number of anilines is 1. The highest BCUT2D eigenvalue weighted by Gasteiger charge is 2.39. The molecule has 0 unspecified atom stereocenters. The van der Waals surface area contributed by atoms with E-state index in [2.05, 4.69) is 0 Å². The maximum absolute atomic E-state index is 13.2. The lowest BCUT2D eigenvalue weighted by atomic mass is 10.0. The van der Waals surface area contributed by atoms with Gasteiger partial charge in [0.25, 0.3) is 0 Å².